The van der Waals surface area contributed by atoms with Gasteiger partial charge in [0.1, 0.15) is 0 Å². The predicted molar refractivity (Wildman–Crippen MR) is 82.4 cm³/mol. The van der Waals surface area contributed by atoms with Crippen LogP contribution in [-0.2, 0) is 0 Å². The highest BCUT2D eigenvalue weighted by atomic mass is 15.1. The van der Waals surface area contributed by atoms with Gasteiger partial charge in [0, 0.05) is 19.1 Å². The molecular formula is C17H28N2. The molecule has 0 radical (unpaired) electrons. The van der Waals surface area contributed by atoms with Crippen molar-refractivity contribution in [3.8, 4) is 0 Å². The van der Waals surface area contributed by atoms with Gasteiger partial charge in [-0.3, -0.25) is 0 Å². The Bertz CT molecular complexity index is 363. The molecule has 1 saturated heterocycles. The second-order valence-electron chi connectivity index (χ2n) is 6.11. The van der Waals surface area contributed by atoms with Crippen molar-refractivity contribution >= 4 is 0 Å². The Balaban J connectivity index is 1.69. The number of aryl methyl sites for hydroxylation is 1. The Morgan fingerprint density at radius 3 is 2.47 bits per heavy atom. The lowest BCUT2D eigenvalue weighted by molar-refractivity contribution is 0.191. The fourth-order valence-electron chi connectivity index (χ4n) is 2.70. The normalized spacial score (nSPS) is 19.5. The number of likely N-dealkylation sites (tertiary alicyclic amines) is 1. The Labute approximate surface area is 118 Å². The zero-order valence-corrected chi connectivity index (χ0v) is 12.7. The molecule has 1 fully saturated rings. The Kier molecular flexibility index (Phi) is 5.41. The molecule has 1 atom stereocenters. The first-order valence-electron chi connectivity index (χ1n) is 7.67. The smallest absolute Gasteiger partial charge is 0.0292 e. The average molecular weight is 260 g/mol. The van der Waals surface area contributed by atoms with Crippen LogP contribution >= 0.6 is 0 Å². The van der Waals surface area contributed by atoms with E-state index in [9.17, 15) is 0 Å². The van der Waals surface area contributed by atoms with Crippen molar-refractivity contribution in [2.45, 2.75) is 39.7 Å². The van der Waals surface area contributed by atoms with Gasteiger partial charge in [0.15, 0.2) is 0 Å². The summed E-state index contributed by atoms with van der Waals surface area (Å²) in [7, 11) is 0. The summed E-state index contributed by atoms with van der Waals surface area (Å²) in [5.41, 5.74) is 2.72. The van der Waals surface area contributed by atoms with Crippen LogP contribution in [0.3, 0.4) is 0 Å². The molecule has 2 nitrogen and oxygen atoms in total. The quantitative estimate of drug-likeness (QED) is 0.873. The van der Waals surface area contributed by atoms with Crippen LogP contribution in [0.1, 0.15) is 43.9 Å². The van der Waals surface area contributed by atoms with Gasteiger partial charge in [-0.2, -0.15) is 0 Å². The first-order chi connectivity index (χ1) is 9.15. The molecule has 0 aromatic heterocycles. The zero-order valence-electron chi connectivity index (χ0n) is 12.7. The summed E-state index contributed by atoms with van der Waals surface area (Å²) < 4.78 is 0. The molecule has 1 heterocycles. The lowest BCUT2D eigenvalue weighted by Gasteiger charge is -2.30. The van der Waals surface area contributed by atoms with E-state index >= 15 is 0 Å². The van der Waals surface area contributed by atoms with Crippen LogP contribution in [0, 0.1) is 12.8 Å². The van der Waals surface area contributed by atoms with E-state index in [0.717, 1.165) is 12.5 Å². The number of nitrogens with zero attached hydrogens (tertiary/aromatic N) is 1. The van der Waals surface area contributed by atoms with Crippen LogP contribution in [0.4, 0.5) is 0 Å². The summed E-state index contributed by atoms with van der Waals surface area (Å²) in [6.07, 6.45) is 2.74. The van der Waals surface area contributed by atoms with E-state index < -0.39 is 0 Å². The van der Waals surface area contributed by atoms with Crippen molar-refractivity contribution in [3.63, 3.8) is 0 Å². The number of hydrogen-bond donors (Lipinski definition) is 1. The third kappa shape index (κ3) is 4.63. The minimum Gasteiger partial charge on any atom is -0.309 e. The third-order valence-electron chi connectivity index (χ3n) is 4.33. The van der Waals surface area contributed by atoms with Crippen molar-refractivity contribution in [1.82, 2.24) is 10.2 Å². The first kappa shape index (κ1) is 14.5. The summed E-state index contributed by atoms with van der Waals surface area (Å²) >= 11 is 0. The third-order valence-corrected chi connectivity index (χ3v) is 4.33. The molecule has 1 aromatic carbocycles. The van der Waals surface area contributed by atoms with E-state index in [-0.39, 0.29) is 0 Å². The predicted octanol–water partition coefficient (Wildman–Crippen LogP) is 3.38. The van der Waals surface area contributed by atoms with Crippen molar-refractivity contribution in [3.05, 3.63) is 35.4 Å². The molecule has 1 aromatic rings. The fraction of sp³-hybridized carbons (Fsp3) is 0.647. The van der Waals surface area contributed by atoms with Gasteiger partial charge in [-0.05, 0) is 51.3 Å². The standard InChI is InChI=1S/C17H28N2/c1-14-4-6-17(7-5-14)16(3)18-10-13-19-11-8-15(2)9-12-19/h4-7,15-16,18H,8-13H2,1-3H3. The zero-order chi connectivity index (χ0) is 13.7. The minimum atomic E-state index is 0.448. The number of rotatable bonds is 5. The highest BCUT2D eigenvalue weighted by Crippen LogP contribution is 2.16. The van der Waals surface area contributed by atoms with Gasteiger partial charge in [0.25, 0.3) is 0 Å². The van der Waals surface area contributed by atoms with Crippen molar-refractivity contribution in [1.29, 1.82) is 0 Å². The maximum atomic E-state index is 3.64. The highest BCUT2D eigenvalue weighted by molar-refractivity contribution is 5.23. The summed E-state index contributed by atoms with van der Waals surface area (Å²) in [4.78, 5) is 2.59. The van der Waals surface area contributed by atoms with E-state index in [1.165, 1.54) is 43.6 Å². The largest absolute Gasteiger partial charge is 0.309 e. The van der Waals surface area contributed by atoms with E-state index in [2.05, 4.69) is 55.3 Å². The Morgan fingerprint density at radius 2 is 1.84 bits per heavy atom. The van der Waals surface area contributed by atoms with E-state index in [1.807, 2.05) is 0 Å². The molecule has 0 bridgehead atoms. The number of piperidine rings is 1. The molecule has 0 aliphatic carbocycles. The maximum absolute atomic E-state index is 3.64. The highest BCUT2D eigenvalue weighted by Gasteiger charge is 2.15. The van der Waals surface area contributed by atoms with Crippen LogP contribution in [0.5, 0.6) is 0 Å². The molecule has 106 valence electrons. The lowest BCUT2D eigenvalue weighted by atomic mass is 9.99. The van der Waals surface area contributed by atoms with Gasteiger partial charge in [-0.1, -0.05) is 36.8 Å². The molecule has 2 heteroatoms. The van der Waals surface area contributed by atoms with Gasteiger partial charge in [0.05, 0.1) is 0 Å². The molecule has 19 heavy (non-hydrogen) atoms. The van der Waals surface area contributed by atoms with Crippen LogP contribution in [0.25, 0.3) is 0 Å². The van der Waals surface area contributed by atoms with E-state index in [0.29, 0.717) is 6.04 Å². The SMILES string of the molecule is Cc1ccc(C(C)NCCN2CCC(C)CC2)cc1. The average Bonchev–Trinajstić information content (AvgIpc) is 2.41. The molecule has 0 saturated carbocycles. The monoisotopic (exact) mass is 260 g/mol. The maximum Gasteiger partial charge on any atom is 0.0292 e. The molecule has 1 unspecified atom stereocenters. The fourth-order valence-corrected chi connectivity index (χ4v) is 2.70. The lowest BCUT2D eigenvalue weighted by Crippen LogP contribution is -2.38. The summed E-state index contributed by atoms with van der Waals surface area (Å²) in [5.74, 6) is 0.927. The Hall–Kier alpha value is -0.860. The second kappa shape index (κ2) is 7.06. The summed E-state index contributed by atoms with van der Waals surface area (Å²) in [5, 5.41) is 3.64. The topological polar surface area (TPSA) is 15.3 Å². The van der Waals surface area contributed by atoms with Gasteiger partial charge < -0.3 is 10.2 Å². The Morgan fingerprint density at radius 1 is 1.21 bits per heavy atom. The second-order valence-corrected chi connectivity index (χ2v) is 6.11. The number of nitrogens with one attached hydrogen (secondary N) is 1. The van der Waals surface area contributed by atoms with E-state index in [1.54, 1.807) is 0 Å². The van der Waals surface area contributed by atoms with Crippen molar-refractivity contribution < 1.29 is 0 Å². The molecular weight excluding hydrogens is 232 g/mol. The minimum absolute atomic E-state index is 0.448. The molecule has 1 aliphatic heterocycles. The number of benzene rings is 1. The summed E-state index contributed by atoms with van der Waals surface area (Å²) in [6, 6.07) is 9.30. The van der Waals surface area contributed by atoms with Crippen molar-refractivity contribution in [2.24, 2.45) is 5.92 Å². The molecule has 0 amide bonds. The van der Waals surface area contributed by atoms with Gasteiger partial charge in [0.2, 0.25) is 0 Å². The molecule has 1 aliphatic rings. The first-order valence-corrected chi connectivity index (χ1v) is 7.67. The van der Waals surface area contributed by atoms with Crippen LogP contribution in [0.2, 0.25) is 0 Å². The van der Waals surface area contributed by atoms with Crippen molar-refractivity contribution in [2.75, 3.05) is 26.2 Å². The van der Waals surface area contributed by atoms with Crippen LogP contribution in [-0.4, -0.2) is 31.1 Å². The van der Waals surface area contributed by atoms with Gasteiger partial charge >= 0.3 is 0 Å². The number of hydrogen-bond acceptors (Lipinski definition) is 2. The summed E-state index contributed by atoms with van der Waals surface area (Å²) in [6.45, 7) is 11.6. The van der Waals surface area contributed by atoms with Gasteiger partial charge in [-0.15, -0.1) is 0 Å². The van der Waals surface area contributed by atoms with Gasteiger partial charge in [-0.25, -0.2) is 0 Å². The van der Waals surface area contributed by atoms with Crippen LogP contribution in [0.15, 0.2) is 24.3 Å². The van der Waals surface area contributed by atoms with Crippen LogP contribution < -0.4 is 5.32 Å². The molecule has 0 spiro atoms. The molecule has 1 N–H and O–H groups in total. The van der Waals surface area contributed by atoms with E-state index in [4.69, 9.17) is 0 Å². The molecule has 2 rings (SSSR count).